The second kappa shape index (κ2) is 10.5. The number of halogens is 1. The highest BCUT2D eigenvalue weighted by atomic mass is 19.1. The van der Waals surface area contributed by atoms with Gasteiger partial charge in [0.25, 0.3) is 0 Å². The molecule has 0 aliphatic carbocycles. The maximum atomic E-state index is 14.7. The SMILES string of the molecule is C=Cc1ccc(C(=O)OCCc2ccc(C(OO)c3ccc(C=C)cc3)c(F)c2)cc1. The summed E-state index contributed by atoms with van der Waals surface area (Å²) in [6.07, 6.45) is 2.78. The molecule has 3 rings (SSSR count). The molecule has 3 aromatic carbocycles. The second-order valence-electron chi connectivity index (χ2n) is 6.92. The average Bonchev–Trinajstić information content (AvgIpc) is 2.81. The molecule has 0 bridgehead atoms. The van der Waals surface area contributed by atoms with Crippen LogP contribution >= 0.6 is 0 Å². The van der Waals surface area contributed by atoms with Crippen molar-refractivity contribution in [3.63, 3.8) is 0 Å². The van der Waals surface area contributed by atoms with Crippen molar-refractivity contribution in [2.75, 3.05) is 6.61 Å². The van der Waals surface area contributed by atoms with Crippen molar-refractivity contribution in [3.8, 4) is 0 Å². The first-order valence-corrected chi connectivity index (χ1v) is 9.76. The summed E-state index contributed by atoms with van der Waals surface area (Å²) in [6, 6.07) is 18.6. The molecule has 0 aliphatic heterocycles. The quantitative estimate of drug-likeness (QED) is 0.260. The largest absolute Gasteiger partial charge is 0.462 e. The highest BCUT2D eigenvalue weighted by Gasteiger charge is 2.19. The van der Waals surface area contributed by atoms with Crippen LogP contribution in [0.5, 0.6) is 0 Å². The predicted molar refractivity (Wildman–Crippen MR) is 119 cm³/mol. The van der Waals surface area contributed by atoms with Crippen molar-refractivity contribution >= 4 is 18.1 Å². The minimum Gasteiger partial charge on any atom is -0.462 e. The van der Waals surface area contributed by atoms with E-state index in [0.29, 0.717) is 23.1 Å². The topological polar surface area (TPSA) is 55.8 Å². The summed E-state index contributed by atoms with van der Waals surface area (Å²) in [4.78, 5) is 16.7. The first-order valence-electron chi connectivity index (χ1n) is 9.76. The molecular weight excluding hydrogens is 395 g/mol. The van der Waals surface area contributed by atoms with Gasteiger partial charge >= 0.3 is 5.97 Å². The Bertz CT molecular complexity index is 1060. The minimum absolute atomic E-state index is 0.115. The number of carbonyl (C=O) groups excluding carboxylic acids is 1. The van der Waals surface area contributed by atoms with Gasteiger partial charge < -0.3 is 4.74 Å². The molecule has 31 heavy (non-hydrogen) atoms. The van der Waals surface area contributed by atoms with E-state index in [2.05, 4.69) is 18.0 Å². The summed E-state index contributed by atoms with van der Waals surface area (Å²) >= 11 is 0. The maximum absolute atomic E-state index is 14.7. The predicted octanol–water partition coefficient (Wildman–Crippen LogP) is 6.09. The molecule has 1 N–H and O–H groups in total. The lowest BCUT2D eigenvalue weighted by atomic mass is 9.98. The molecule has 3 aromatic rings. The van der Waals surface area contributed by atoms with Gasteiger partial charge in [-0.15, -0.1) is 0 Å². The lowest BCUT2D eigenvalue weighted by molar-refractivity contribution is -0.271. The summed E-state index contributed by atoms with van der Waals surface area (Å²) in [5.41, 5.74) is 3.73. The van der Waals surface area contributed by atoms with Gasteiger partial charge in [0.05, 0.1) is 12.2 Å². The zero-order valence-electron chi connectivity index (χ0n) is 17.0. The molecule has 5 heteroatoms. The van der Waals surface area contributed by atoms with Crippen LogP contribution in [-0.2, 0) is 16.0 Å². The third-order valence-corrected chi connectivity index (χ3v) is 4.93. The smallest absolute Gasteiger partial charge is 0.338 e. The molecule has 1 atom stereocenters. The lowest BCUT2D eigenvalue weighted by Gasteiger charge is -2.16. The molecule has 0 radical (unpaired) electrons. The van der Waals surface area contributed by atoms with Crippen LogP contribution in [0.2, 0.25) is 0 Å². The molecular formula is C26H23FO4. The van der Waals surface area contributed by atoms with E-state index in [1.807, 2.05) is 0 Å². The van der Waals surface area contributed by atoms with Gasteiger partial charge in [-0.05, 0) is 40.5 Å². The van der Waals surface area contributed by atoms with Crippen molar-refractivity contribution in [3.05, 3.63) is 119 Å². The number of hydrogen-bond acceptors (Lipinski definition) is 4. The maximum Gasteiger partial charge on any atom is 0.338 e. The fraction of sp³-hybridized carbons (Fsp3) is 0.115. The Morgan fingerprint density at radius 3 is 2.13 bits per heavy atom. The van der Waals surface area contributed by atoms with Gasteiger partial charge in [-0.1, -0.05) is 73.8 Å². The molecule has 0 aromatic heterocycles. The van der Waals surface area contributed by atoms with Gasteiger partial charge in [0.2, 0.25) is 0 Å². The standard InChI is InChI=1S/C26H23FO4/c1-3-18-5-10-21(11-6-18)25(31-29)23-14-9-20(17-24(23)27)15-16-30-26(28)22-12-7-19(4-2)8-13-22/h3-14,17,25,29H,1-2,15-16H2. The van der Waals surface area contributed by atoms with E-state index in [9.17, 15) is 14.4 Å². The van der Waals surface area contributed by atoms with Gasteiger partial charge in [-0.25, -0.2) is 14.1 Å². The number of esters is 1. The summed E-state index contributed by atoms with van der Waals surface area (Å²) < 4.78 is 20.0. The van der Waals surface area contributed by atoms with E-state index < -0.39 is 17.9 Å². The monoisotopic (exact) mass is 418 g/mol. The molecule has 158 valence electrons. The highest BCUT2D eigenvalue weighted by Crippen LogP contribution is 2.28. The number of rotatable bonds is 9. The van der Waals surface area contributed by atoms with Gasteiger partial charge in [0, 0.05) is 12.0 Å². The van der Waals surface area contributed by atoms with Gasteiger partial charge in [-0.2, -0.15) is 0 Å². The third kappa shape index (κ3) is 5.54. The van der Waals surface area contributed by atoms with Crippen LogP contribution in [0.1, 0.15) is 44.3 Å². The molecule has 0 amide bonds. The molecule has 0 fully saturated rings. The summed E-state index contributed by atoms with van der Waals surface area (Å²) in [5, 5.41) is 9.35. The Kier molecular flexibility index (Phi) is 7.49. The Hall–Kier alpha value is -3.54. The van der Waals surface area contributed by atoms with E-state index in [0.717, 1.165) is 11.1 Å². The molecule has 4 nitrogen and oxygen atoms in total. The minimum atomic E-state index is -0.954. The first-order chi connectivity index (χ1) is 15.0. The molecule has 0 spiro atoms. The zero-order valence-corrected chi connectivity index (χ0v) is 17.0. The van der Waals surface area contributed by atoms with Crippen molar-refractivity contribution in [2.24, 2.45) is 0 Å². The molecule has 0 heterocycles. The molecule has 0 aliphatic rings. The van der Waals surface area contributed by atoms with Gasteiger partial charge in [-0.3, -0.25) is 5.26 Å². The van der Waals surface area contributed by atoms with Crippen molar-refractivity contribution < 1.29 is 24.1 Å². The Labute approximate surface area is 180 Å². The Morgan fingerprint density at radius 2 is 1.58 bits per heavy atom. The van der Waals surface area contributed by atoms with E-state index in [1.165, 1.54) is 6.07 Å². The van der Waals surface area contributed by atoms with Crippen LogP contribution in [0.25, 0.3) is 12.2 Å². The van der Waals surface area contributed by atoms with Gasteiger partial charge in [0.1, 0.15) is 11.9 Å². The zero-order chi connectivity index (χ0) is 22.2. The number of benzene rings is 3. The third-order valence-electron chi connectivity index (χ3n) is 4.93. The van der Waals surface area contributed by atoms with E-state index in [4.69, 9.17) is 4.74 Å². The van der Waals surface area contributed by atoms with E-state index >= 15 is 0 Å². The van der Waals surface area contributed by atoms with Crippen molar-refractivity contribution in [1.82, 2.24) is 0 Å². The van der Waals surface area contributed by atoms with Crippen LogP contribution in [-0.4, -0.2) is 17.8 Å². The number of ether oxygens (including phenoxy) is 1. The second-order valence-corrected chi connectivity index (χ2v) is 6.92. The molecule has 0 saturated carbocycles. The van der Waals surface area contributed by atoms with Crippen LogP contribution < -0.4 is 0 Å². The van der Waals surface area contributed by atoms with E-state index in [-0.39, 0.29) is 12.2 Å². The van der Waals surface area contributed by atoms with E-state index in [1.54, 1.807) is 72.8 Å². The average molecular weight is 418 g/mol. The Balaban J connectivity index is 1.63. The molecule has 1 unspecified atom stereocenters. The lowest BCUT2D eigenvalue weighted by Crippen LogP contribution is -2.09. The number of carbonyl (C=O) groups is 1. The van der Waals surface area contributed by atoms with Crippen molar-refractivity contribution in [2.45, 2.75) is 12.5 Å². The van der Waals surface area contributed by atoms with Crippen LogP contribution in [0, 0.1) is 5.82 Å². The van der Waals surface area contributed by atoms with Crippen LogP contribution in [0.4, 0.5) is 4.39 Å². The molecule has 0 saturated heterocycles. The first kappa shape index (κ1) is 22.2. The fourth-order valence-electron chi connectivity index (χ4n) is 3.14. The van der Waals surface area contributed by atoms with Crippen LogP contribution in [0.3, 0.4) is 0 Å². The summed E-state index contributed by atoms with van der Waals surface area (Å²) in [6.45, 7) is 7.48. The highest BCUT2D eigenvalue weighted by molar-refractivity contribution is 5.89. The van der Waals surface area contributed by atoms with Gasteiger partial charge in [0.15, 0.2) is 0 Å². The number of hydrogen-bond donors (Lipinski definition) is 1. The normalized spacial score (nSPS) is 11.5. The van der Waals surface area contributed by atoms with Crippen molar-refractivity contribution in [1.29, 1.82) is 0 Å². The summed E-state index contributed by atoms with van der Waals surface area (Å²) in [7, 11) is 0. The fourth-order valence-corrected chi connectivity index (χ4v) is 3.14. The van der Waals surface area contributed by atoms with Crippen LogP contribution in [0.15, 0.2) is 79.9 Å². The Morgan fingerprint density at radius 1 is 0.968 bits per heavy atom. The summed E-state index contributed by atoms with van der Waals surface area (Å²) in [5.74, 6) is -0.958.